The van der Waals surface area contributed by atoms with Crippen molar-refractivity contribution >= 4 is 27.5 Å². The molecule has 0 bridgehead atoms. The van der Waals surface area contributed by atoms with Gasteiger partial charge < -0.3 is 5.32 Å². The molecule has 2 aliphatic rings. The third kappa shape index (κ3) is 1.49. The number of carbonyl (C=O) groups excluding carboxylic acids is 1. The lowest BCUT2D eigenvalue weighted by atomic mass is 9.86. The molecule has 1 atom stereocenters. The molecule has 1 aromatic carbocycles. The zero-order chi connectivity index (χ0) is 11.1. The van der Waals surface area contributed by atoms with Crippen LogP contribution in [0.4, 0.5) is 5.69 Å². The van der Waals surface area contributed by atoms with E-state index in [9.17, 15) is 4.79 Å². The molecule has 2 nitrogen and oxygen atoms in total. The maximum atomic E-state index is 12.0. The van der Waals surface area contributed by atoms with Crippen LogP contribution in [0.15, 0.2) is 22.7 Å². The van der Waals surface area contributed by atoms with Crippen LogP contribution in [0.25, 0.3) is 0 Å². The molecular weight excluding hydrogens is 266 g/mol. The number of anilines is 1. The van der Waals surface area contributed by atoms with Gasteiger partial charge in [-0.3, -0.25) is 4.79 Å². The zero-order valence-electron chi connectivity index (χ0n) is 9.00. The molecule has 0 radical (unpaired) electrons. The van der Waals surface area contributed by atoms with Crippen LogP contribution >= 0.6 is 15.9 Å². The van der Waals surface area contributed by atoms with Crippen LogP contribution < -0.4 is 5.32 Å². The molecule has 1 aromatic rings. The molecule has 0 spiro atoms. The molecule has 3 rings (SSSR count). The first kappa shape index (κ1) is 10.3. The van der Waals surface area contributed by atoms with Crippen molar-refractivity contribution in [2.75, 3.05) is 5.32 Å². The number of nitrogens with one attached hydrogen (secondary N) is 1. The van der Waals surface area contributed by atoms with Gasteiger partial charge in [-0.1, -0.05) is 25.0 Å². The van der Waals surface area contributed by atoms with E-state index in [1.807, 2.05) is 12.1 Å². The van der Waals surface area contributed by atoms with Crippen LogP contribution in [0.3, 0.4) is 0 Å². The Morgan fingerprint density at radius 1 is 1.25 bits per heavy atom. The summed E-state index contributed by atoms with van der Waals surface area (Å²) in [4.78, 5) is 12.0. The molecule has 3 heteroatoms. The number of hydrogen-bond acceptors (Lipinski definition) is 1. The van der Waals surface area contributed by atoms with Gasteiger partial charge >= 0.3 is 0 Å². The first-order chi connectivity index (χ1) is 7.77. The zero-order valence-corrected chi connectivity index (χ0v) is 10.6. The Hall–Kier alpha value is -0.830. The molecule has 16 heavy (non-hydrogen) atoms. The lowest BCUT2D eigenvalue weighted by Crippen LogP contribution is -2.18. The highest BCUT2D eigenvalue weighted by Crippen LogP contribution is 2.46. The average Bonchev–Trinajstić information content (AvgIpc) is 2.85. The Kier molecular flexibility index (Phi) is 2.51. The standard InChI is InChI=1S/C13H14BrNO/c14-10-7-3-6-9-11(8-4-1-2-5-8)13(16)15-12(9)10/h3,6-8,11H,1-2,4-5H2,(H,15,16). The van der Waals surface area contributed by atoms with Gasteiger partial charge in [-0.05, 0) is 46.3 Å². The van der Waals surface area contributed by atoms with Crippen LogP contribution in [-0.2, 0) is 4.79 Å². The molecule has 1 saturated carbocycles. The number of para-hydroxylation sites is 1. The van der Waals surface area contributed by atoms with Crippen molar-refractivity contribution in [2.24, 2.45) is 5.92 Å². The molecule has 84 valence electrons. The van der Waals surface area contributed by atoms with Gasteiger partial charge in [0, 0.05) is 4.47 Å². The van der Waals surface area contributed by atoms with E-state index < -0.39 is 0 Å². The van der Waals surface area contributed by atoms with Crippen molar-refractivity contribution in [1.29, 1.82) is 0 Å². The Bertz CT molecular complexity index is 438. The lowest BCUT2D eigenvalue weighted by molar-refractivity contribution is -0.118. The lowest BCUT2D eigenvalue weighted by Gasteiger charge is -2.16. The highest BCUT2D eigenvalue weighted by atomic mass is 79.9. The average molecular weight is 280 g/mol. The molecule has 0 aromatic heterocycles. The molecule has 1 aliphatic heterocycles. The van der Waals surface area contributed by atoms with Gasteiger partial charge in [0.1, 0.15) is 0 Å². The van der Waals surface area contributed by atoms with Crippen LogP contribution in [0.1, 0.15) is 37.2 Å². The summed E-state index contributed by atoms with van der Waals surface area (Å²) in [6.07, 6.45) is 4.95. The van der Waals surface area contributed by atoms with Crippen molar-refractivity contribution in [3.8, 4) is 0 Å². The van der Waals surface area contributed by atoms with Crippen molar-refractivity contribution in [3.05, 3.63) is 28.2 Å². The van der Waals surface area contributed by atoms with E-state index >= 15 is 0 Å². The number of carbonyl (C=O) groups is 1. The predicted molar refractivity (Wildman–Crippen MR) is 67.5 cm³/mol. The summed E-state index contributed by atoms with van der Waals surface area (Å²) >= 11 is 3.50. The van der Waals surface area contributed by atoms with Crippen LogP contribution in [0, 0.1) is 5.92 Å². The molecule has 1 unspecified atom stereocenters. The quantitative estimate of drug-likeness (QED) is 0.835. The van der Waals surface area contributed by atoms with Crippen LogP contribution in [0.2, 0.25) is 0 Å². The van der Waals surface area contributed by atoms with E-state index in [1.165, 1.54) is 31.2 Å². The van der Waals surface area contributed by atoms with Gasteiger partial charge in [0.15, 0.2) is 0 Å². The monoisotopic (exact) mass is 279 g/mol. The number of amides is 1. The molecule has 0 saturated heterocycles. The second-order valence-electron chi connectivity index (χ2n) is 4.72. The van der Waals surface area contributed by atoms with Gasteiger partial charge in [-0.2, -0.15) is 0 Å². The Morgan fingerprint density at radius 3 is 2.75 bits per heavy atom. The fourth-order valence-corrected chi connectivity index (χ4v) is 3.51. The van der Waals surface area contributed by atoms with Gasteiger partial charge in [-0.15, -0.1) is 0 Å². The Labute approximate surface area is 104 Å². The second-order valence-corrected chi connectivity index (χ2v) is 5.57. The van der Waals surface area contributed by atoms with Gasteiger partial charge in [0.05, 0.1) is 11.6 Å². The summed E-state index contributed by atoms with van der Waals surface area (Å²) in [5.41, 5.74) is 2.18. The summed E-state index contributed by atoms with van der Waals surface area (Å²) in [5.74, 6) is 0.833. The molecule has 1 amide bonds. The van der Waals surface area contributed by atoms with E-state index in [2.05, 4.69) is 27.3 Å². The van der Waals surface area contributed by atoms with Crippen molar-refractivity contribution in [3.63, 3.8) is 0 Å². The largest absolute Gasteiger partial charge is 0.324 e. The Morgan fingerprint density at radius 2 is 2.00 bits per heavy atom. The fourth-order valence-electron chi connectivity index (χ4n) is 3.03. The maximum Gasteiger partial charge on any atom is 0.232 e. The van der Waals surface area contributed by atoms with Crippen molar-refractivity contribution in [2.45, 2.75) is 31.6 Å². The summed E-state index contributed by atoms with van der Waals surface area (Å²) in [7, 11) is 0. The number of rotatable bonds is 1. The molecule has 1 N–H and O–H groups in total. The number of halogens is 1. The maximum absolute atomic E-state index is 12.0. The minimum absolute atomic E-state index is 0.0926. The smallest absolute Gasteiger partial charge is 0.232 e. The topological polar surface area (TPSA) is 29.1 Å². The first-order valence-corrected chi connectivity index (χ1v) is 6.66. The van der Waals surface area contributed by atoms with E-state index in [1.54, 1.807) is 0 Å². The highest BCUT2D eigenvalue weighted by molar-refractivity contribution is 9.10. The minimum Gasteiger partial charge on any atom is -0.324 e. The first-order valence-electron chi connectivity index (χ1n) is 5.86. The van der Waals surface area contributed by atoms with Crippen molar-refractivity contribution < 1.29 is 4.79 Å². The summed E-state index contributed by atoms with van der Waals surface area (Å²) in [6.45, 7) is 0. The Balaban J connectivity index is 2.02. The second kappa shape index (κ2) is 3.88. The van der Waals surface area contributed by atoms with Gasteiger partial charge in [0.2, 0.25) is 5.91 Å². The molecule has 1 heterocycles. The van der Waals surface area contributed by atoms with E-state index in [4.69, 9.17) is 0 Å². The van der Waals surface area contributed by atoms with E-state index in [0.717, 1.165) is 10.2 Å². The predicted octanol–water partition coefficient (Wildman–Crippen LogP) is 3.68. The highest BCUT2D eigenvalue weighted by Gasteiger charge is 2.38. The molecular formula is C13H14BrNO. The number of hydrogen-bond donors (Lipinski definition) is 1. The van der Waals surface area contributed by atoms with E-state index in [-0.39, 0.29) is 11.8 Å². The number of benzene rings is 1. The summed E-state index contributed by atoms with van der Waals surface area (Å²) in [6, 6.07) is 6.09. The van der Waals surface area contributed by atoms with Crippen LogP contribution in [0.5, 0.6) is 0 Å². The van der Waals surface area contributed by atoms with Gasteiger partial charge in [0.25, 0.3) is 0 Å². The van der Waals surface area contributed by atoms with Gasteiger partial charge in [-0.25, -0.2) is 0 Å². The number of fused-ring (bicyclic) bond motifs is 1. The molecule has 1 aliphatic carbocycles. The minimum atomic E-state index is 0.0926. The molecule has 1 fully saturated rings. The third-order valence-electron chi connectivity index (χ3n) is 3.78. The third-order valence-corrected chi connectivity index (χ3v) is 4.44. The van der Waals surface area contributed by atoms with Crippen LogP contribution in [-0.4, -0.2) is 5.91 Å². The fraction of sp³-hybridized carbons (Fsp3) is 0.462. The summed E-state index contributed by atoms with van der Waals surface area (Å²) in [5, 5.41) is 3.01. The van der Waals surface area contributed by atoms with Crippen molar-refractivity contribution in [1.82, 2.24) is 0 Å². The summed E-state index contributed by atoms with van der Waals surface area (Å²) < 4.78 is 0.999. The van der Waals surface area contributed by atoms with E-state index in [0.29, 0.717) is 5.92 Å². The SMILES string of the molecule is O=C1Nc2c(Br)cccc2C1C1CCCC1. The normalized spacial score (nSPS) is 24.6.